The summed E-state index contributed by atoms with van der Waals surface area (Å²) in [7, 11) is 1.65. The van der Waals surface area contributed by atoms with Crippen LogP contribution in [0, 0.1) is 0 Å². The molecule has 0 aliphatic carbocycles. The van der Waals surface area contributed by atoms with Crippen LogP contribution < -0.4 is 10.6 Å². The van der Waals surface area contributed by atoms with E-state index in [1.165, 1.54) is 0 Å². The lowest BCUT2D eigenvalue weighted by Crippen LogP contribution is -2.34. The number of benzene rings is 1. The zero-order valence-electron chi connectivity index (χ0n) is 9.59. The summed E-state index contributed by atoms with van der Waals surface area (Å²) in [5.41, 5.74) is 0.610. The molecule has 1 aromatic rings. The summed E-state index contributed by atoms with van der Waals surface area (Å²) in [6.45, 7) is 2.56. The van der Waals surface area contributed by atoms with E-state index in [1.807, 2.05) is 6.92 Å². The molecule has 94 valence electrons. The van der Waals surface area contributed by atoms with E-state index in [-0.39, 0.29) is 6.10 Å². The Morgan fingerprint density at radius 2 is 2.00 bits per heavy atom. The Bertz CT molecular complexity index is 381. The van der Waals surface area contributed by atoms with Crippen molar-refractivity contribution in [1.29, 1.82) is 0 Å². The van der Waals surface area contributed by atoms with E-state index in [9.17, 15) is 0 Å². The van der Waals surface area contributed by atoms with Gasteiger partial charge in [0.1, 0.15) is 0 Å². The predicted octanol–water partition coefficient (Wildman–Crippen LogP) is 3.31. The number of nitrogens with one attached hydrogen (secondary N) is 2. The summed E-state index contributed by atoms with van der Waals surface area (Å²) >= 11 is 17.1. The van der Waals surface area contributed by atoms with Gasteiger partial charge in [-0.05, 0) is 31.3 Å². The summed E-state index contributed by atoms with van der Waals surface area (Å²) in [6.07, 6.45) is 0.0801. The maximum atomic E-state index is 6.00. The molecule has 1 unspecified atom stereocenters. The predicted molar refractivity (Wildman–Crippen MR) is 77.2 cm³/mol. The smallest absolute Gasteiger partial charge is 0.170 e. The molecule has 0 aliphatic rings. The Kier molecular flexibility index (Phi) is 5.98. The van der Waals surface area contributed by atoms with Gasteiger partial charge in [0, 0.05) is 13.7 Å². The molecule has 0 radical (unpaired) electrons. The number of rotatable bonds is 4. The maximum Gasteiger partial charge on any atom is 0.170 e. The topological polar surface area (TPSA) is 33.3 Å². The van der Waals surface area contributed by atoms with Gasteiger partial charge < -0.3 is 15.4 Å². The van der Waals surface area contributed by atoms with Gasteiger partial charge in [-0.1, -0.05) is 29.3 Å². The number of ether oxygens (including phenoxy) is 1. The van der Waals surface area contributed by atoms with E-state index in [1.54, 1.807) is 25.3 Å². The molecular weight excluding hydrogens is 279 g/mol. The Hall–Kier alpha value is -0.550. The van der Waals surface area contributed by atoms with Crippen LogP contribution in [0.25, 0.3) is 0 Å². The minimum absolute atomic E-state index is 0.0801. The molecule has 0 aliphatic heterocycles. The van der Waals surface area contributed by atoms with Crippen molar-refractivity contribution in [3.05, 3.63) is 28.2 Å². The zero-order chi connectivity index (χ0) is 12.8. The van der Waals surface area contributed by atoms with Crippen LogP contribution in [0.2, 0.25) is 10.0 Å². The molecule has 0 aromatic heterocycles. The van der Waals surface area contributed by atoms with Crippen molar-refractivity contribution < 1.29 is 4.74 Å². The molecule has 6 heteroatoms. The molecule has 0 saturated heterocycles. The second-order valence-electron chi connectivity index (χ2n) is 3.48. The largest absolute Gasteiger partial charge is 0.380 e. The molecule has 0 fully saturated rings. The third kappa shape index (κ3) is 4.68. The third-order valence-electron chi connectivity index (χ3n) is 2.15. The summed E-state index contributed by atoms with van der Waals surface area (Å²) < 4.78 is 5.10. The van der Waals surface area contributed by atoms with E-state index in [0.717, 1.165) is 0 Å². The number of halogens is 2. The van der Waals surface area contributed by atoms with Gasteiger partial charge in [-0.2, -0.15) is 0 Å². The Balaban J connectivity index is 2.56. The molecule has 3 nitrogen and oxygen atoms in total. The Morgan fingerprint density at radius 3 is 2.53 bits per heavy atom. The lowest BCUT2D eigenvalue weighted by molar-refractivity contribution is 0.121. The van der Waals surface area contributed by atoms with Crippen molar-refractivity contribution in [2.24, 2.45) is 0 Å². The van der Waals surface area contributed by atoms with Crippen molar-refractivity contribution in [2.45, 2.75) is 13.0 Å². The van der Waals surface area contributed by atoms with E-state index in [2.05, 4.69) is 10.6 Å². The van der Waals surface area contributed by atoms with Gasteiger partial charge in [0.05, 0.1) is 21.8 Å². The molecule has 1 atom stereocenters. The highest BCUT2D eigenvalue weighted by Gasteiger charge is 2.07. The average molecular weight is 293 g/mol. The van der Waals surface area contributed by atoms with Crippen molar-refractivity contribution in [2.75, 3.05) is 19.0 Å². The quantitative estimate of drug-likeness (QED) is 0.834. The molecule has 0 heterocycles. The summed E-state index contributed by atoms with van der Waals surface area (Å²) in [6, 6.07) is 5.27. The minimum Gasteiger partial charge on any atom is -0.380 e. The highest BCUT2D eigenvalue weighted by Crippen LogP contribution is 2.29. The van der Waals surface area contributed by atoms with E-state index in [4.69, 9.17) is 40.2 Å². The number of para-hydroxylation sites is 1. The van der Waals surface area contributed by atoms with Crippen LogP contribution in [0.1, 0.15) is 6.92 Å². The first-order valence-corrected chi connectivity index (χ1v) is 6.22. The van der Waals surface area contributed by atoms with E-state index < -0.39 is 0 Å². The first-order valence-electron chi connectivity index (χ1n) is 5.06. The second kappa shape index (κ2) is 7.01. The normalized spacial score (nSPS) is 12.0. The van der Waals surface area contributed by atoms with Crippen molar-refractivity contribution in [1.82, 2.24) is 5.32 Å². The van der Waals surface area contributed by atoms with Gasteiger partial charge >= 0.3 is 0 Å². The molecule has 1 rings (SSSR count). The van der Waals surface area contributed by atoms with Crippen LogP contribution >= 0.6 is 35.4 Å². The highest BCUT2D eigenvalue weighted by molar-refractivity contribution is 7.80. The molecule has 17 heavy (non-hydrogen) atoms. The molecule has 0 amide bonds. The fourth-order valence-corrected chi connectivity index (χ4v) is 1.77. The first-order chi connectivity index (χ1) is 8.04. The SMILES string of the molecule is COC(C)CNC(=S)Nc1c(Cl)cccc1Cl. The third-order valence-corrected chi connectivity index (χ3v) is 3.03. The van der Waals surface area contributed by atoms with Crippen molar-refractivity contribution in [3.8, 4) is 0 Å². The summed E-state index contributed by atoms with van der Waals surface area (Å²) in [5.74, 6) is 0. The molecule has 0 saturated carbocycles. The molecule has 2 N–H and O–H groups in total. The number of hydrogen-bond acceptors (Lipinski definition) is 2. The van der Waals surface area contributed by atoms with Gasteiger partial charge in [-0.25, -0.2) is 0 Å². The average Bonchev–Trinajstić information content (AvgIpc) is 2.31. The molecule has 1 aromatic carbocycles. The molecule has 0 spiro atoms. The fraction of sp³-hybridized carbons (Fsp3) is 0.364. The fourth-order valence-electron chi connectivity index (χ4n) is 1.09. The Morgan fingerprint density at radius 1 is 1.41 bits per heavy atom. The van der Waals surface area contributed by atoms with E-state index >= 15 is 0 Å². The lowest BCUT2D eigenvalue weighted by Gasteiger charge is -2.15. The van der Waals surface area contributed by atoms with Gasteiger partial charge in [0.2, 0.25) is 0 Å². The minimum atomic E-state index is 0.0801. The van der Waals surface area contributed by atoms with Gasteiger partial charge in [-0.15, -0.1) is 0 Å². The monoisotopic (exact) mass is 292 g/mol. The van der Waals surface area contributed by atoms with Crippen LogP contribution in [-0.4, -0.2) is 24.9 Å². The van der Waals surface area contributed by atoms with Crippen LogP contribution in [0.4, 0.5) is 5.69 Å². The standard InChI is InChI=1S/C11H14Cl2N2OS/c1-7(16-2)6-14-11(17)15-10-8(12)4-3-5-9(10)13/h3-5,7H,6H2,1-2H3,(H2,14,15,17). The van der Waals surface area contributed by atoms with Gasteiger partial charge in [0.25, 0.3) is 0 Å². The van der Waals surface area contributed by atoms with Crippen LogP contribution in [-0.2, 0) is 4.74 Å². The van der Waals surface area contributed by atoms with Crippen LogP contribution in [0.3, 0.4) is 0 Å². The second-order valence-corrected chi connectivity index (χ2v) is 4.70. The number of methoxy groups -OCH3 is 1. The van der Waals surface area contributed by atoms with Crippen molar-refractivity contribution >= 4 is 46.2 Å². The number of thiocarbonyl (C=S) groups is 1. The molecular formula is C11H14Cl2N2OS. The summed E-state index contributed by atoms with van der Waals surface area (Å²) in [4.78, 5) is 0. The van der Waals surface area contributed by atoms with E-state index in [0.29, 0.717) is 27.4 Å². The number of hydrogen-bond donors (Lipinski definition) is 2. The van der Waals surface area contributed by atoms with Gasteiger partial charge in [-0.3, -0.25) is 0 Å². The van der Waals surface area contributed by atoms with Crippen LogP contribution in [0.5, 0.6) is 0 Å². The Labute approximate surface area is 116 Å². The highest BCUT2D eigenvalue weighted by atomic mass is 35.5. The summed E-state index contributed by atoms with van der Waals surface area (Å²) in [5, 5.41) is 7.49. The zero-order valence-corrected chi connectivity index (χ0v) is 11.9. The lowest BCUT2D eigenvalue weighted by atomic mass is 10.3. The molecule has 0 bridgehead atoms. The first kappa shape index (κ1) is 14.5. The number of anilines is 1. The van der Waals surface area contributed by atoms with Crippen LogP contribution in [0.15, 0.2) is 18.2 Å². The maximum absolute atomic E-state index is 6.00. The van der Waals surface area contributed by atoms with Gasteiger partial charge in [0.15, 0.2) is 5.11 Å². The van der Waals surface area contributed by atoms with Crippen molar-refractivity contribution in [3.63, 3.8) is 0 Å².